The van der Waals surface area contributed by atoms with Crippen LogP contribution in [0.4, 0.5) is 11.4 Å². The van der Waals surface area contributed by atoms with Crippen LogP contribution in [0.5, 0.6) is 11.5 Å². The van der Waals surface area contributed by atoms with Crippen LogP contribution in [-0.4, -0.2) is 40.0 Å². The van der Waals surface area contributed by atoms with E-state index >= 15 is 0 Å². The Balaban J connectivity index is 1.45. The molecule has 170 valence electrons. The number of carbonyl (C=O) groups is 2. The molecule has 0 saturated heterocycles. The first-order valence-electron chi connectivity index (χ1n) is 10.2. The molecule has 9 heteroatoms. The number of hydrogen-bond acceptors (Lipinski definition) is 6. The van der Waals surface area contributed by atoms with Gasteiger partial charge in [-0.2, -0.15) is 0 Å². The predicted molar refractivity (Wildman–Crippen MR) is 123 cm³/mol. The molecule has 1 aliphatic heterocycles. The fourth-order valence-electron chi connectivity index (χ4n) is 3.43. The van der Waals surface area contributed by atoms with E-state index in [1.807, 2.05) is 0 Å². The number of nitrogens with zero attached hydrogens (tertiary/aromatic N) is 2. The first kappa shape index (κ1) is 22.3. The van der Waals surface area contributed by atoms with E-state index in [4.69, 9.17) is 9.47 Å². The highest BCUT2D eigenvalue weighted by Crippen LogP contribution is 2.33. The number of carbonyl (C=O) groups excluding carboxylic acids is 2. The van der Waals surface area contributed by atoms with Crippen molar-refractivity contribution in [1.29, 1.82) is 0 Å². The summed E-state index contributed by atoms with van der Waals surface area (Å²) in [5, 5.41) is 0. The molecule has 0 saturated carbocycles. The Labute approximate surface area is 192 Å². The number of esters is 1. The number of fused-ring (bicyclic) bond motifs is 1. The highest BCUT2D eigenvalue weighted by Gasteiger charge is 2.33. The highest BCUT2D eigenvalue weighted by atomic mass is 32.2. The van der Waals surface area contributed by atoms with E-state index in [0.717, 1.165) is 4.31 Å². The van der Waals surface area contributed by atoms with Crippen LogP contribution in [-0.2, 0) is 19.6 Å². The normalized spacial score (nSPS) is 15.4. The largest absolute Gasteiger partial charge is 0.479 e. The zero-order valence-electron chi connectivity index (χ0n) is 18.0. The van der Waals surface area contributed by atoms with E-state index in [9.17, 15) is 18.0 Å². The molecule has 0 aromatic heterocycles. The molecule has 1 amide bonds. The number of amides is 1. The minimum atomic E-state index is -3.72. The van der Waals surface area contributed by atoms with Crippen LogP contribution in [0.1, 0.15) is 6.92 Å². The van der Waals surface area contributed by atoms with Crippen LogP contribution in [0.3, 0.4) is 0 Å². The maximum Gasteiger partial charge on any atom is 0.331 e. The lowest BCUT2D eigenvalue weighted by Gasteiger charge is -2.32. The molecule has 0 spiro atoms. The molecule has 0 aliphatic carbocycles. The first-order chi connectivity index (χ1) is 15.8. The Morgan fingerprint density at radius 2 is 1.64 bits per heavy atom. The molecule has 1 atom stereocenters. The van der Waals surface area contributed by atoms with Crippen molar-refractivity contribution >= 4 is 33.3 Å². The maximum atomic E-state index is 12.8. The van der Waals surface area contributed by atoms with E-state index < -0.39 is 22.1 Å². The molecule has 0 radical (unpaired) electrons. The van der Waals surface area contributed by atoms with Gasteiger partial charge in [-0.1, -0.05) is 30.3 Å². The average molecular weight is 467 g/mol. The first-order valence-corrected chi connectivity index (χ1v) is 11.6. The van der Waals surface area contributed by atoms with Gasteiger partial charge in [-0.05, 0) is 55.5 Å². The van der Waals surface area contributed by atoms with E-state index in [2.05, 4.69) is 0 Å². The Hall–Kier alpha value is -3.85. The summed E-state index contributed by atoms with van der Waals surface area (Å²) < 4.78 is 37.6. The molecule has 1 aliphatic rings. The van der Waals surface area contributed by atoms with Crippen LogP contribution in [0.25, 0.3) is 0 Å². The summed E-state index contributed by atoms with van der Waals surface area (Å²) in [5.74, 6) is -0.222. The summed E-state index contributed by atoms with van der Waals surface area (Å²) in [6.45, 7) is 1.34. The van der Waals surface area contributed by atoms with Gasteiger partial charge in [-0.3, -0.25) is 14.0 Å². The second-order valence-corrected chi connectivity index (χ2v) is 9.38. The van der Waals surface area contributed by atoms with Gasteiger partial charge in [0.15, 0.2) is 6.10 Å². The van der Waals surface area contributed by atoms with Gasteiger partial charge in [-0.25, -0.2) is 13.2 Å². The Kier molecular flexibility index (Phi) is 6.06. The maximum absolute atomic E-state index is 12.8. The van der Waals surface area contributed by atoms with Crippen LogP contribution in [0.2, 0.25) is 0 Å². The monoisotopic (exact) mass is 466 g/mol. The molecule has 1 unspecified atom stereocenters. The summed E-state index contributed by atoms with van der Waals surface area (Å²) in [6, 6.07) is 21.2. The van der Waals surface area contributed by atoms with E-state index in [1.165, 1.54) is 36.2 Å². The van der Waals surface area contributed by atoms with Crippen LogP contribution >= 0.6 is 0 Å². The quantitative estimate of drug-likeness (QED) is 0.409. The molecule has 8 nitrogen and oxygen atoms in total. The van der Waals surface area contributed by atoms with Gasteiger partial charge < -0.3 is 9.47 Å². The van der Waals surface area contributed by atoms with Gasteiger partial charge in [0.25, 0.3) is 15.9 Å². The van der Waals surface area contributed by atoms with Crippen LogP contribution < -0.4 is 18.7 Å². The molecule has 1 heterocycles. The van der Waals surface area contributed by atoms with Gasteiger partial charge in [0.2, 0.25) is 0 Å². The fourth-order valence-corrected chi connectivity index (χ4v) is 4.64. The molecule has 4 rings (SSSR count). The molecule has 33 heavy (non-hydrogen) atoms. The number of para-hydroxylation sites is 2. The van der Waals surface area contributed by atoms with Crippen LogP contribution in [0.15, 0.2) is 83.8 Å². The minimum Gasteiger partial charge on any atom is -0.479 e. The van der Waals surface area contributed by atoms with Gasteiger partial charge in [-0.15, -0.1) is 0 Å². The molecule has 0 fully saturated rings. The Bertz CT molecular complexity index is 1280. The van der Waals surface area contributed by atoms with E-state index in [1.54, 1.807) is 61.5 Å². The molecule has 0 N–H and O–H groups in total. The lowest BCUT2D eigenvalue weighted by molar-refractivity contribution is -0.135. The molecular formula is C24H22N2O6S. The topological polar surface area (TPSA) is 93.2 Å². The smallest absolute Gasteiger partial charge is 0.331 e. The summed E-state index contributed by atoms with van der Waals surface area (Å²) >= 11 is 0. The van der Waals surface area contributed by atoms with Crippen molar-refractivity contribution in [1.82, 2.24) is 0 Å². The van der Waals surface area contributed by atoms with Gasteiger partial charge in [0.1, 0.15) is 18.0 Å². The second-order valence-electron chi connectivity index (χ2n) is 7.41. The number of anilines is 2. The lowest BCUT2D eigenvalue weighted by atomic mass is 10.2. The molecule has 3 aromatic rings. The molecule has 3 aromatic carbocycles. The third kappa shape index (κ3) is 4.54. The minimum absolute atomic E-state index is 0.174. The summed E-state index contributed by atoms with van der Waals surface area (Å²) in [6.07, 6.45) is -0.714. The van der Waals surface area contributed by atoms with Crippen molar-refractivity contribution in [2.24, 2.45) is 0 Å². The second kappa shape index (κ2) is 8.95. The van der Waals surface area contributed by atoms with E-state index in [-0.39, 0.29) is 23.1 Å². The third-order valence-corrected chi connectivity index (χ3v) is 6.99. The summed E-state index contributed by atoms with van der Waals surface area (Å²) in [5.41, 5.74) is 0.908. The fraction of sp³-hybridized carbons (Fsp3) is 0.167. The Morgan fingerprint density at radius 3 is 2.33 bits per heavy atom. The van der Waals surface area contributed by atoms with Crippen molar-refractivity contribution in [2.75, 3.05) is 22.8 Å². The van der Waals surface area contributed by atoms with Crippen LogP contribution in [0, 0.1) is 0 Å². The number of rotatable bonds is 6. The Morgan fingerprint density at radius 1 is 1.00 bits per heavy atom. The van der Waals surface area contributed by atoms with Crippen molar-refractivity contribution in [3.05, 3.63) is 78.9 Å². The number of ether oxygens (including phenoxy) is 2. The average Bonchev–Trinajstić information content (AvgIpc) is 2.82. The van der Waals surface area contributed by atoms with Crippen molar-refractivity contribution in [3.63, 3.8) is 0 Å². The number of sulfonamides is 1. The third-order valence-electron chi connectivity index (χ3n) is 5.19. The van der Waals surface area contributed by atoms with Crippen molar-refractivity contribution in [3.8, 4) is 11.5 Å². The summed E-state index contributed by atoms with van der Waals surface area (Å²) in [4.78, 5) is 26.6. The standard InChI is InChI=1S/C24H22N2O6S/c1-17-24(28)26(21-10-6-7-11-22(21)31-17)16-23(27)32-19-14-12-18(13-15-19)25(2)33(29,30)20-8-4-3-5-9-20/h3-15,17H,16H2,1-2H3. The SMILES string of the molecule is CC1Oc2ccccc2N(CC(=O)Oc2ccc(N(C)S(=O)(=O)c3ccccc3)cc2)C1=O. The van der Waals surface area contributed by atoms with Crippen molar-refractivity contribution < 1.29 is 27.5 Å². The van der Waals surface area contributed by atoms with Crippen molar-refractivity contribution in [2.45, 2.75) is 17.9 Å². The highest BCUT2D eigenvalue weighted by molar-refractivity contribution is 7.92. The summed E-state index contributed by atoms with van der Waals surface area (Å²) in [7, 11) is -2.27. The predicted octanol–water partition coefficient (Wildman–Crippen LogP) is 3.23. The van der Waals surface area contributed by atoms with Gasteiger partial charge in [0, 0.05) is 7.05 Å². The number of hydrogen-bond donors (Lipinski definition) is 0. The zero-order chi connectivity index (χ0) is 23.6. The number of benzene rings is 3. The zero-order valence-corrected chi connectivity index (χ0v) is 18.9. The lowest BCUT2D eigenvalue weighted by Crippen LogP contribution is -2.47. The van der Waals surface area contributed by atoms with E-state index in [0.29, 0.717) is 17.1 Å². The molecular weight excluding hydrogens is 444 g/mol. The van der Waals surface area contributed by atoms with Gasteiger partial charge >= 0.3 is 5.97 Å². The molecule has 0 bridgehead atoms. The van der Waals surface area contributed by atoms with Gasteiger partial charge in [0.05, 0.1) is 16.3 Å².